The molecule has 7 nitrogen and oxygen atoms in total. The lowest BCUT2D eigenvalue weighted by atomic mass is 10.0. The predicted molar refractivity (Wildman–Crippen MR) is 87.9 cm³/mol. The van der Waals surface area contributed by atoms with Crippen molar-refractivity contribution in [1.29, 1.82) is 0 Å². The van der Waals surface area contributed by atoms with Crippen LogP contribution in [0.4, 0.5) is 0 Å². The highest BCUT2D eigenvalue weighted by Gasteiger charge is 2.24. The molecule has 2 rings (SSSR count). The molecule has 0 atom stereocenters. The van der Waals surface area contributed by atoms with Crippen LogP contribution >= 0.6 is 0 Å². The number of amides is 2. The number of piperidine rings is 1. The Balaban J connectivity index is 1.72. The minimum absolute atomic E-state index is 0.0262. The van der Waals surface area contributed by atoms with Gasteiger partial charge in [-0.3, -0.25) is 9.59 Å². The summed E-state index contributed by atoms with van der Waals surface area (Å²) in [5, 5.41) is 12.4. The molecule has 1 aromatic rings. The molecule has 7 heteroatoms. The fraction of sp³-hybridized carbons (Fsp3) is 0.529. The van der Waals surface area contributed by atoms with E-state index in [0.29, 0.717) is 44.7 Å². The van der Waals surface area contributed by atoms with Crippen LogP contribution in [0.2, 0.25) is 0 Å². The van der Waals surface area contributed by atoms with Crippen molar-refractivity contribution in [1.82, 2.24) is 10.2 Å². The summed E-state index contributed by atoms with van der Waals surface area (Å²) in [6, 6.07) is 6.28. The number of nitrogens with zero attached hydrogens (tertiary/aromatic N) is 1. The molecule has 0 aliphatic carbocycles. The third kappa shape index (κ3) is 5.50. The van der Waals surface area contributed by atoms with Crippen molar-refractivity contribution in [3.63, 3.8) is 0 Å². The van der Waals surface area contributed by atoms with Crippen LogP contribution in [-0.2, 0) is 14.3 Å². The molecule has 0 saturated carbocycles. The first-order valence-electron chi connectivity index (χ1n) is 8.04. The summed E-state index contributed by atoms with van der Waals surface area (Å²) in [6.45, 7) is 2.12. The van der Waals surface area contributed by atoms with Gasteiger partial charge in [0.15, 0.2) is 0 Å². The molecule has 132 valence electrons. The second-order valence-electron chi connectivity index (χ2n) is 5.72. The summed E-state index contributed by atoms with van der Waals surface area (Å²) in [6.07, 6.45) is 1.41. The zero-order chi connectivity index (χ0) is 17.4. The lowest BCUT2D eigenvalue weighted by Gasteiger charge is -2.32. The number of benzene rings is 1. The van der Waals surface area contributed by atoms with Gasteiger partial charge in [-0.15, -0.1) is 0 Å². The highest BCUT2D eigenvalue weighted by molar-refractivity contribution is 5.94. The Hall–Kier alpha value is -2.12. The molecule has 0 spiro atoms. The number of carbonyl (C=O) groups is 2. The molecule has 0 radical (unpaired) electrons. The zero-order valence-electron chi connectivity index (χ0n) is 13.9. The third-order valence-corrected chi connectivity index (χ3v) is 3.95. The highest BCUT2D eigenvalue weighted by atomic mass is 16.5. The first-order valence-corrected chi connectivity index (χ1v) is 8.04. The predicted octanol–water partition coefficient (Wildman–Crippen LogP) is 0.776. The molecule has 1 fully saturated rings. The Bertz CT molecular complexity index is 556. The standard InChI is InChI=1S/C17H24N2O5/c1-23-9-10-24-12-16(21)19-7-5-14(6-8-19)18-17(22)13-3-2-4-15(20)11-13/h2-4,11,14,20H,5-10,12H2,1H3,(H,18,22). The number of nitrogens with one attached hydrogen (secondary N) is 1. The van der Waals surface area contributed by atoms with Gasteiger partial charge in [0.25, 0.3) is 5.91 Å². The Morgan fingerprint density at radius 1 is 1.29 bits per heavy atom. The molecule has 1 heterocycles. The second kappa shape index (κ2) is 9.24. The quantitative estimate of drug-likeness (QED) is 0.718. The minimum atomic E-state index is -0.210. The normalized spacial score (nSPS) is 15.3. The molecule has 1 aliphatic heterocycles. The molecule has 0 bridgehead atoms. The number of ether oxygens (including phenoxy) is 2. The van der Waals surface area contributed by atoms with Gasteiger partial charge >= 0.3 is 0 Å². The van der Waals surface area contributed by atoms with Crippen LogP contribution < -0.4 is 5.32 Å². The summed E-state index contributed by atoms with van der Waals surface area (Å²) in [5.74, 6) is -0.182. The van der Waals surface area contributed by atoms with Crippen molar-refractivity contribution in [2.75, 3.05) is 40.0 Å². The van der Waals surface area contributed by atoms with Crippen molar-refractivity contribution in [3.8, 4) is 5.75 Å². The molecule has 0 unspecified atom stereocenters. The Morgan fingerprint density at radius 3 is 2.71 bits per heavy atom. The average Bonchev–Trinajstić information content (AvgIpc) is 2.59. The van der Waals surface area contributed by atoms with Crippen molar-refractivity contribution >= 4 is 11.8 Å². The molecule has 0 aromatic heterocycles. The van der Waals surface area contributed by atoms with E-state index < -0.39 is 0 Å². The molecule has 1 aliphatic rings. The van der Waals surface area contributed by atoms with E-state index in [9.17, 15) is 14.7 Å². The van der Waals surface area contributed by atoms with Gasteiger partial charge in [0.05, 0.1) is 13.2 Å². The first kappa shape index (κ1) is 18.2. The molecule has 2 N–H and O–H groups in total. The molecular weight excluding hydrogens is 312 g/mol. The van der Waals surface area contributed by atoms with Gasteiger partial charge in [-0.1, -0.05) is 6.07 Å². The van der Waals surface area contributed by atoms with Crippen LogP contribution in [0, 0.1) is 0 Å². The zero-order valence-corrected chi connectivity index (χ0v) is 13.9. The maximum absolute atomic E-state index is 12.1. The number of phenolic OH excluding ortho intramolecular Hbond substituents is 1. The number of methoxy groups -OCH3 is 1. The lowest BCUT2D eigenvalue weighted by Crippen LogP contribution is -2.47. The number of phenols is 1. The van der Waals surface area contributed by atoms with Crippen molar-refractivity contribution in [2.45, 2.75) is 18.9 Å². The molecule has 24 heavy (non-hydrogen) atoms. The van der Waals surface area contributed by atoms with Crippen LogP contribution in [0.15, 0.2) is 24.3 Å². The van der Waals surface area contributed by atoms with Gasteiger partial charge in [-0.2, -0.15) is 0 Å². The van der Waals surface area contributed by atoms with E-state index in [4.69, 9.17) is 9.47 Å². The Morgan fingerprint density at radius 2 is 2.04 bits per heavy atom. The Kier molecular flexibility index (Phi) is 7.02. The van der Waals surface area contributed by atoms with Crippen molar-refractivity contribution < 1.29 is 24.2 Å². The Labute approximate surface area is 141 Å². The van der Waals surface area contributed by atoms with E-state index in [1.54, 1.807) is 24.1 Å². The van der Waals surface area contributed by atoms with E-state index in [-0.39, 0.29) is 30.2 Å². The van der Waals surface area contributed by atoms with Crippen LogP contribution in [0.3, 0.4) is 0 Å². The SMILES string of the molecule is COCCOCC(=O)N1CCC(NC(=O)c2cccc(O)c2)CC1. The van der Waals surface area contributed by atoms with Gasteiger partial charge in [0.2, 0.25) is 5.91 Å². The van der Waals surface area contributed by atoms with E-state index >= 15 is 0 Å². The largest absolute Gasteiger partial charge is 0.508 e. The monoisotopic (exact) mass is 336 g/mol. The molecule has 1 aromatic carbocycles. The number of hydrogen-bond acceptors (Lipinski definition) is 5. The number of hydrogen-bond donors (Lipinski definition) is 2. The van der Waals surface area contributed by atoms with E-state index in [0.717, 1.165) is 0 Å². The smallest absolute Gasteiger partial charge is 0.251 e. The van der Waals surface area contributed by atoms with Crippen LogP contribution in [-0.4, -0.2) is 67.9 Å². The molecular formula is C17H24N2O5. The van der Waals surface area contributed by atoms with Crippen LogP contribution in [0.5, 0.6) is 5.75 Å². The lowest BCUT2D eigenvalue weighted by molar-refractivity contribution is -0.137. The first-order chi connectivity index (χ1) is 11.6. The summed E-state index contributed by atoms with van der Waals surface area (Å²) in [4.78, 5) is 25.9. The third-order valence-electron chi connectivity index (χ3n) is 3.95. The summed E-state index contributed by atoms with van der Waals surface area (Å²) < 4.78 is 10.1. The topological polar surface area (TPSA) is 88.1 Å². The summed E-state index contributed by atoms with van der Waals surface area (Å²) in [5.41, 5.74) is 0.431. The number of rotatable bonds is 7. The van der Waals surface area contributed by atoms with Gasteiger partial charge in [0.1, 0.15) is 12.4 Å². The minimum Gasteiger partial charge on any atom is -0.508 e. The summed E-state index contributed by atoms with van der Waals surface area (Å²) >= 11 is 0. The highest BCUT2D eigenvalue weighted by Crippen LogP contribution is 2.14. The molecule has 2 amide bonds. The van der Waals surface area contributed by atoms with E-state index in [2.05, 4.69) is 5.32 Å². The maximum atomic E-state index is 12.1. The van der Waals surface area contributed by atoms with Gasteiger partial charge in [-0.25, -0.2) is 0 Å². The van der Waals surface area contributed by atoms with Crippen LogP contribution in [0.1, 0.15) is 23.2 Å². The fourth-order valence-electron chi connectivity index (χ4n) is 2.58. The van der Waals surface area contributed by atoms with Gasteiger partial charge < -0.3 is 24.8 Å². The second-order valence-corrected chi connectivity index (χ2v) is 5.72. The number of likely N-dealkylation sites (tertiary alicyclic amines) is 1. The van der Waals surface area contributed by atoms with E-state index in [1.807, 2.05) is 0 Å². The fourth-order valence-corrected chi connectivity index (χ4v) is 2.58. The van der Waals surface area contributed by atoms with Gasteiger partial charge in [-0.05, 0) is 31.0 Å². The summed E-state index contributed by atoms with van der Waals surface area (Å²) in [7, 11) is 1.58. The number of carbonyl (C=O) groups excluding carboxylic acids is 2. The van der Waals surface area contributed by atoms with Crippen LogP contribution in [0.25, 0.3) is 0 Å². The van der Waals surface area contributed by atoms with Crippen molar-refractivity contribution in [3.05, 3.63) is 29.8 Å². The maximum Gasteiger partial charge on any atom is 0.251 e. The van der Waals surface area contributed by atoms with Gasteiger partial charge in [0, 0.05) is 31.8 Å². The average molecular weight is 336 g/mol. The van der Waals surface area contributed by atoms with Crippen molar-refractivity contribution in [2.24, 2.45) is 0 Å². The number of aromatic hydroxyl groups is 1. The van der Waals surface area contributed by atoms with E-state index in [1.165, 1.54) is 12.1 Å². The molecule has 1 saturated heterocycles.